The van der Waals surface area contributed by atoms with Crippen LogP contribution in [0.3, 0.4) is 0 Å². The van der Waals surface area contributed by atoms with E-state index in [1.807, 2.05) is 0 Å². The molecule has 0 unspecified atom stereocenters. The van der Waals surface area contributed by atoms with E-state index >= 15 is 0 Å². The van der Waals surface area contributed by atoms with Crippen LogP contribution in [0, 0.1) is 10.1 Å². The highest BCUT2D eigenvalue weighted by Crippen LogP contribution is 2.39. The van der Waals surface area contributed by atoms with Crippen molar-refractivity contribution in [3.05, 3.63) is 52.1 Å². The zero-order valence-electron chi connectivity index (χ0n) is 12.8. The molecule has 6 nitrogen and oxygen atoms in total. The molecule has 0 amide bonds. The third-order valence-electron chi connectivity index (χ3n) is 4.04. The van der Waals surface area contributed by atoms with Crippen LogP contribution < -0.4 is 0 Å². The molecule has 120 valence electrons. The summed E-state index contributed by atoms with van der Waals surface area (Å²) in [5.41, 5.74) is 0.295. The van der Waals surface area contributed by atoms with Gasteiger partial charge in [0, 0.05) is 36.3 Å². The topological polar surface area (TPSA) is 78.0 Å². The van der Waals surface area contributed by atoms with Crippen LogP contribution in [0.4, 0.5) is 5.69 Å². The van der Waals surface area contributed by atoms with Crippen molar-refractivity contribution in [2.45, 2.75) is 35.8 Å². The number of nitrogens with zero attached hydrogens (tertiary/aromatic N) is 3. The first-order valence-electron chi connectivity index (χ1n) is 7.53. The van der Waals surface area contributed by atoms with Crippen LogP contribution in [-0.2, 0) is 7.05 Å². The maximum Gasteiger partial charge on any atom is 0.283 e. The molecule has 1 aliphatic carbocycles. The Hall–Kier alpha value is -2.15. The molecule has 0 N–H and O–H groups in total. The number of ketones is 1. The highest BCUT2D eigenvalue weighted by Gasteiger charge is 2.24. The van der Waals surface area contributed by atoms with Crippen molar-refractivity contribution in [2.24, 2.45) is 7.05 Å². The largest absolute Gasteiger partial charge is 0.331 e. The Morgan fingerprint density at radius 2 is 2.13 bits per heavy atom. The van der Waals surface area contributed by atoms with Crippen LogP contribution in [0.1, 0.15) is 41.9 Å². The first-order chi connectivity index (χ1) is 11.1. The van der Waals surface area contributed by atoms with Gasteiger partial charge in [-0.3, -0.25) is 14.9 Å². The van der Waals surface area contributed by atoms with Gasteiger partial charge in [0.15, 0.2) is 5.82 Å². The summed E-state index contributed by atoms with van der Waals surface area (Å²) in [4.78, 5) is 28.1. The Morgan fingerprint density at radius 3 is 2.74 bits per heavy atom. The van der Waals surface area contributed by atoms with E-state index in [0.717, 1.165) is 12.8 Å². The molecule has 23 heavy (non-hydrogen) atoms. The summed E-state index contributed by atoms with van der Waals surface area (Å²) in [5, 5.41) is 11.8. The number of nitro benzene ring substituents is 1. The molecule has 1 aromatic carbocycles. The standard InChI is InChI=1S/C16H17N3O3S/c1-18-9-8-17-16(18)15(20)11-6-7-14(13(10-11)19(21)22)23-12-4-2-3-5-12/h6-10,12H,2-5H2,1H3. The highest BCUT2D eigenvalue weighted by atomic mass is 32.2. The molecule has 3 rings (SSSR count). The molecule has 7 heteroatoms. The van der Waals surface area contributed by atoms with Gasteiger partial charge in [-0.05, 0) is 25.0 Å². The number of aromatic nitrogens is 2. The van der Waals surface area contributed by atoms with Gasteiger partial charge in [0.05, 0.1) is 9.82 Å². The van der Waals surface area contributed by atoms with Gasteiger partial charge in [-0.1, -0.05) is 12.8 Å². The van der Waals surface area contributed by atoms with Crippen LogP contribution in [0.2, 0.25) is 0 Å². The van der Waals surface area contributed by atoms with Gasteiger partial charge in [-0.25, -0.2) is 4.98 Å². The van der Waals surface area contributed by atoms with E-state index in [0.29, 0.717) is 15.7 Å². The van der Waals surface area contributed by atoms with Crippen LogP contribution >= 0.6 is 11.8 Å². The fourth-order valence-electron chi connectivity index (χ4n) is 2.80. The molecule has 0 bridgehead atoms. The third-order valence-corrected chi connectivity index (χ3v) is 5.44. The number of hydrogen-bond acceptors (Lipinski definition) is 5. The van der Waals surface area contributed by atoms with Gasteiger partial charge < -0.3 is 4.57 Å². The van der Waals surface area contributed by atoms with Gasteiger partial charge in [-0.15, -0.1) is 11.8 Å². The lowest BCUT2D eigenvalue weighted by Gasteiger charge is -2.10. The van der Waals surface area contributed by atoms with E-state index in [1.54, 1.807) is 41.7 Å². The van der Waals surface area contributed by atoms with Crippen LogP contribution in [-0.4, -0.2) is 25.5 Å². The van der Waals surface area contributed by atoms with Crippen molar-refractivity contribution in [1.29, 1.82) is 0 Å². The van der Waals surface area contributed by atoms with Gasteiger partial charge in [0.25, 0.3) is 5.69 Å². The number of carbonyl (C=O) groups excluding carboxylic acids is 1. The van der Waals surface area contributed by atoms with Crippen molar-refractivity contribution < 1.29 is 9.72 Å². The van der Waals surface area contributed by atoms with Crippen molar-refractivity contribution in [1.82, 2.24) is 9.55 Å². The average molecular weight is 331 g/mol. The number of hydrogen-bond donors (Lipinski definition) is 0. The Bertz CT molecular complexity index is 751. The molecule has 0 saturated heterocycles. The number of imidazole rings is 1. The number of aryl methyl sites for hydroxylation is 1. The van der Waals surface area contributed by atoms with Crippen molar-refractivity contribution in [3.63, 3.8) is 0 Å². The number of rotatable bonds is 5. The van der Waals surface area contributed by atoms with Crippen LogP contribution in [0.5, 0.6) is 0 Å². The minimum atomic E-state index is -0.410. The number of benzene rings is 1. The number of carbonyl (C=O) groups is 1. The zero-order valence-corrected chi connectivity index (χ0v) is 13.6. The Balaban J connectivity index is 1.91. The maximum atomic E-state index is 12.4. The van der Waals surface area contributed by atoms with E-state index in [2.05, 4.69) is 4.98 Å². The molecule has 0 aliphatic heterocycles. The average Bonchev–Trinajstić information content (AvgIpc) is 3.18. The lowest BCUT2D eigenvalue weighted by molar-refractivity contribution is -0.387. The van der Waals surface area contributed by atoms with E-state index in [9.17, 15) is 14.9 Å². The molecule has 1 aliphatic rings. The summed E-state index contributed by atoms with van der Waals surface area (Å²) < 4.78 is 1.61. The minimum absolute atomic E-state index is 0.00181. The second-order valence-electron chi connectivity index (χ2n) is 5.65. The van der Waals surface area contributed by atoms with Gasteiger partial charge in [-0.2, -0.15) is 0 Å². The highest BCUT2D eigenvalue weighted by molar-refractivity contribution is 8.00. The minimum Gasteiger partial charge on any atom is -0.331 e. The van der Waals surface area contributed by atoms with E-state index < -0.39 is 4.92 Å². The van der Waals surface area contributed by atoms with Gasteiger partial charge in [0.2, 0.25) is 5.78 Å². The smallest absolute Gasteiger partial charge is 0.283 e. The number of nitro groups is 1. The summed E-state index contributed by atoms with van der Waals surface area (Å²) in [6, 6.07) is 4.72. The molecule has 1 fully saturated rings. The fraction of sp³-hybridized carbons (Fsp3) is 0.375. The number of thioether (sulfide) groups is 1. The maximum absolute atomic E-state index is 12.4. The predicted octanol–water partition coefficient (Wildman–Crippen LogP) is 3.59. The van der Waals surface area contributed by atoms with Gasteiger partial charge in [0.1, 0.15) is 0 Å². The molecule has 2 aromatic rings. The van der Waals surface area contributed by atoms with E-state index in [-0.39, 0.29) is 17.3 Å². The van der Waals surface area contributed by atoms with Crippen molar-refractivity contribution >= 4 is 23.2 Å². The second kappa shape index (κ2) is 6.54. The molecular weight excluding hydrogens is 314 g/mol. The molecule has 1 aromatic heterocycles. The zero-order chi connectivity index (χ0) is 16.4. The Morgan fingerprint density at radius 1 is 1.39 bits per heavy atom. The molecule has 0 atom stereocenters. The first kappa shape index (κ1) is 15.7. The molecule has 1 heterocycles. The second-order valence-corrected chi connectivity index (χ2v) is 7.00. The summed E-state index contributed by atoms with van der Waals surface area (Å²) in [7, 11) is 1.72. The molecule has 0 radical (unpaired) electrons. The quantitative estimate of drug-likeness (QED) is 0.475. The fourth-order valence-corrected chi connectivity index (χ4v) is 4.13. The van der Waals surface area contributed by atoms with Crippen LogP contribution in [0.15, 0.2) is 35.5 Å². The normalized spacial score (nSPS) is 15.0. The van der Waals surface area contributed by atoms with Crippen molar-refractivity contribution in [2.75, 3.05) is 0 Å². The molecule has 1 saturated carbocycles. The van der Waals surface area contributed by atoms with E-state index in [4.69, 9.17) is 0 Å². The summed E-state index contributed by atoms with van der Waals surface area (Å²) >= 11 is 1.55. The van der Waals surface area contributed by atoms with E-state index in [1.165, 1.54) is 25.1 Å². The summed E-state index contributed by atoms with van der Waals surface area (Å²) in [5.74, 6) is -0.0338. The predicted molar refractivity (Wildman–Crippen MR) is 87.8 cm³/mol. The van der Waals surface area contributed by atoms with Crippen LogP contribution in [0.25, 0.3) is 0 Å². The Labute approximate surface area is 138 Å². The lowest BCUT2D eigenvalue weighted by Crippen LogP contribution is -2.09. The SMILES string of the molecule is Cn1ccnc1C(=O)c1ccc(SC2CCCC2)c([N+](=O)[O-])c1. The first-order valence-corrected chi connectivity index (χ1v) is 8.41. The summed E-state index contributed by atoms with van der Waals surface area (Å²) in [6.45, 7) is 0. The molecule has 0 spiro atoms. The Kier molecular flexibility index (Phi) is 4.47. The van der Waals surface area contributed by atoms with Crippen molar-refractivity contribution in [3.8, 4) is 0 Å². The van der Waals surface area contributed by atoms with Gasteiger partial charge >= 0.3 is 0 Å². The lowest BCUT2D eigenvalue weighted by atomic mass is 10.1. The monoisotopic (exact) mass is 331 g/mol. The third kappa shape index (κ3) is 3.29. The summed E-state index contributed by atoms with van der Waals surface area (Å²) in [6.07, 6.45) is 7.76. The molecular formula is C16H17N3O3S.